The van der Waals surface area contributed by atoms with Crippen LogP contribution in [0.1, 0.15) is 36.5 Å². The van der Waals surface area contributed by atoms with Gasteiger partial charge in [-0.2, -0.15) is 0 Å². The van der Waals surface area contributed by atoms with Crippen molar-refractivity contribution in [2.45, 2.75) is 32.2 Å². The number of unbranched alkanes of at least 4 members (excludes halogenated alkanes) is 1. The molecule has 0 radical (unpaired) electrons. The van der Waals surface area contributed by atoms with Crippen LogP contribution in [0.3, 0.4) is 0 Å². The van der Waals surface area contributed by atoms with Gasteiger partial charge in [0.15, 0.2) is 0 Å². The molecule has 0 saturated heterocycles. The quantitative estimate of drug-likeness (QED) is 0.647. The van der Waals surface area contributed by atoms with E-state index in [0.717, 1.165) is 18.6 Å². The topological polar surface area (TPSA) is 73.6 Å². The lowest BCUT2D eigenvalue weighted by molar-refractivity contribution is 0.0950. The number of hydrogen-bond acceptors (Lipinski definition) is 4. The molecule has 5 nitrogen and oxygen atoms in total. The zero-order valence-electron chi connectivity index (χ0n) is 12.9. The summed E-state index contributed by atoms with van der Waals surface area (Å²) in [5.41, 5.74) is 6.42. The molecule has 0 aliphatic heterocycles. The van der Waals surface area contributed by atoms with Crippen LogP contribution in [0.2, 0.25) is 0 Å². The van der Waals surface area contributed by atoms with Crippen molar-refractivity contribution >= 4 is 5.91 Å². The number of rotatable bonds is 10. The summed E-state index contributed by atoms with van der Waals surface area (Å²) in [6.07, 6.45) is 2.83. The van der Waals surface area contributed by atoms with Crippen LogP contribution < -0.4 is 15.8 Å². The lowest BCUT2D eigenvalue weighted by Gasteiger charge is -2.11. The van der Waals surface area contributed by atoms with E-state index in [1.807, 2.05) is 12.1 Å². The first-order valence-corrected chi connectivity index (χ1v) is 7.43. The Morgan fingerprint density at radius 2 is 2.05 bits per heavy atom. The number of ether oxygens (including phenoxy) is 2. The van der Waals surface area contributed by atoms with Gasteiger partial charge in [0.1, 0.15) is 5.75 Å². The van der Waals surface area contributed by atoms with E-state index in [4.69, 9.17) is 15.2 Å². The molecule has 0 aliphatic carbocycles. The van der Waals surface area contributed by atoms with Crippen molar-refractivity contribution < 1.29 is 14.3 Å². The Labute approximate surface area is 126 Å². The lowest BCUT2D eigenvalue weighted by Crippen LogP contribution is -2.32. The number of carbonyl (C=O) groups is 1. The smallest absolute Gasteiger partial charge is 0.251 e. The predicted octanol–water partition coefficient (Wildman–Crippen LogP) is 1.96. The summed E-state index contributed by atoms with van der Waals surface area (Å²) < 4.78 is 10.5. The molecule has 1 atom stereocenters. The molecule has 5 heteroatoms. The third-order valence-electron chi connectivity index (χ3n) is 3.06. The van der Waals surface area contributed by atoms with Gasteiger partial charge in [0, 0.05) is 25.3 Å². The normalized spacial score (nSPS) is 12.0. The van der Waals surface area contributed by atoms with E-state index < -0.39 is 0 Å². The molecule has 21 heavy (non-hydrogen) atoms. The number of benzene rings is 1. The second-order valence-corrected chi connectivity index (χ2v) is 4.99. The van der Waals surface area contributed by atoms with Crippen molar-refractivity contribution in [1.29, 1.82) is 0 Å². The molecule has 0 fully saturated rings. The molecule has 1 aromatic carbocycles. The minimum Gasteiger partial charge on any atom is -0.494 e. The molecule has 3 N–H and O–H groups in total. The van der Waals surface area contributed by atoms with Crippen LogP contribution in [0.4, 0.5) is 0 Å². The molecular weight excluding hydrogens is 268 g/mol. The summed E-state index contributed by atoms with van der Waals surface area (Å²) in [7, 11) is 1.61. The molecule has 118 valence electrons. The fraction of sp³-hybridized carbons (Fsp3) is 0.562. The van der Waals surface area contributed by atoms with Crippen LogP contribution in [-0.4, -0.2) is 38.8 Å². The lowest BCUT2D eigenvalue weighted by atomic mass is 10.2. The second-order valence-electron chi connectivity index (χ2n) is 4.99. The van der Waals surface area contributed by atoms with Crippen molar-refractivity contribution in [3.05, 3.63) is 29.8 Å². The molecule has 1 amide bonds. The zero-order valence-corrected chi connectivity index (χ0v) is 12.9. The van der Waals surface area contributed by atoms with Crippen molar-refractivity contribution in [3.8, 4) is 5.75 Å². The molecule has 0 bridgehead atoms. The van der Waals surface area contributed by atoms with Crippen LogP contribution in [0, 0.1) is 0 Å². The maximum atomic E-state index is 11.9. The Morgan fingerprint density at radius 1 is 1.33 bits per heavy atom. The third kappa shape index (κ3) is 7.11. The van der Waals surface area contributed by atoms with Gasteiger partial charge >= 0.3 is 0 Å². The van der Waals surface area contributed by atoms with Gasteiger partial charge in [-0.05, 0) is 37.1 Å². The van der Waals surface area contributed by atoms with Gasteiger partial charge in [0.25, 0.3) is 5.91 Å². The van der Waals surface area contributed by atoms with E-state index in [1.165, 1.54) is 0 Å². The molecule has 0 aromatic heterocycles. The first kappa shape index (κ1) is 17.5. The molecule has 1 rings (SSSR count). The molecule has 0 heterocycles. The van der Waals surface area contributed by atoms with Gasteiger partial charge < -0.3 is 20.5 Å². The average molecular weight is 294 g/mol. The standard InChI is InChI=1S/C16H26N2O3/c1-3-4-11-21-15-7-5-13(6-8-15)16(19)18-10-9-14(17)12-20-2/h5-8,14H,3-4,9-12,17H2,1-2H3,(H,18,19). The Kier molecular flexibility index (Phi) is 8.47. The summed E-state index contributed by atoms with van der Waals surface area (Å²) >= 11 is 0. The Hall–Kier alpha value is -1.59. The first-order chi connectivity index (χ1) is 10.2. The maximum absolute atomic E-state index is 11.9. The van der Waals surface area contributed by atoms with E-state index in [2.05, 4.69) is 12.2 Å². The van der Waals surface area contributed by atoms with Gasteiger partial charge in [0.05, 0.1) is 13.2 Å². The van der Waals surface area contributed by atoms with Crippen LogP contribution in [0.5, 0.6) is 5.75 Å². The average Bonchev–Trinajstić information content (AvgIpc) is 2.48. The van der Waals surface area contributed by atoms with E-state index in [1.54, 1.807) is 19.2 Å². The molecular formula is C16H26N2O3. The molecule has 0 aliphatic rings. The minimum absolute atomic E-state index is 0.0513. The molecule has 1 unspecified atom stereocenters. The highest BCUT2D eigenvalue weighted by Crippen LogP contribution is 2.12. The highest BCUT2D eigenvalue weighted by atomic mass is 16.5. The number of hydrogen-bond donors (Lipinski definition) is 2. The summed E-state index contributed by atoms with van der Waals surface area (Å²) in [5, 5.41) is 2.84. The van der Waals surface area contributed by atoms with Gasteiger partial charge in [-0.25, -0.2) is 0 Å². The highest BCUT2D eigenvalue weighted by Gasteiger charge is 2.07. The molecule has 0 saturated carbocycles. The number of amides is 1. The Balaban J connectivity index is 2.33. The van der Waals surface area contributed by atoms with E-state index in [9.17, 15) is 4.79 Å². The summed E-state index contributed by atoms with van der Waals surface area (Å²) in [6.45, 7) is 3.87. The zero-order chi connectivity index (χ0) is 15.5. The molecule has 1 aromatic rings. The highest BCUT2D eigenvalue weighted by molar-refractivity contribution is 5.94. The van der Waals surface area contributed by atoms with Crippen LogP contribution in [-0.2, 0) is 4.74 Å². The predicted molar refractivity (Wildman–Crippen MR) is 83.6 cm³/mol. The van der Waals surface area contributed by atoms with E-state index in [-0.39, 0.29) is 11.9 Å². The number of nitrogens with one attached hydrogen (secondary N) is 1. The summed E-state index contributed by atoms with van der Waals surface area (Å²) in [6, 6.07) is 7.13. The second kappa shape index (κ2) is 10.2. The van der Waals surface area contributed by atoms with Crippen molar-refractivity contribution in [2.24, 2.45) is 5.73 Å². The first-order valence-electron chi connectivity index (χ1n) is 7.43. The maximum Gasteiger partial charge on any atom is 0.251 e. The Bertz CT molecular complexity index is 406. The fourth-order valence-electron chi connectivity index (χ4n) is 1.81. The van der Waals surface area contributed by atoms with Crippen molar-refractivity contribution in [1.82, 2.24) is 5.32 Å². The largest absolute Gasteiger partial charge is 0.494 e. The van der Waals surface area contributed by atoms with E-state index >= 15 is 0 Å². The van der Waals surface area contributed by atoms with Gasteiger partial charge in [0.2, 0.25) is 0 Å². The monoisotopic (exact) mass is 294 g/mol. The summed E-state index contributed by atoms with van der Waals surface area (Å²) in [5.74, 6) is 0.696. The van der Waals surface area contributed by atoms with Crippen LogP contribution >= 0.6 is 0 Å². The molecule has 0 spiro atoms. The number of carbonyl (C=O) groups excluding carboxylic acids is 1. The SMILES string of the molecule is CCCCOc1ccc(C(=O)NCCC(N)COC)cc1. The van der Waals surface area contributed by atoms with Crippen molar-refractivity contribution in [2.75, 3.05) is 26.9 Å². The Morgan fingerprint density at radius 3 is 2.67 bits per heavy atom. The van der Waals surface area contributed by atoms with Crippen LogP contribution in [0.15, 0.2) is 24.3 Å². The van der Waals surface area contributed by atoms with Gasteiger partial charge in [-0.3, -0.25) is 4.79 Å². The van der Waals surface area contributed by atoms with E-state index in [0.29, 0.717) is 31.7 Å². The van der Waals surface area contributed by atoms with Crippen molar-refractivity contribution in [3.63, 3.8) is 0 Å². The minimum atomic E-state index is -0.0975. The summed E-state index contributed by atoms with van der Waals surface area (Å²) in [4.78, 5) is 11.9. The number of methoxy groups -OCH3 is 1. The number of nitrogens with two attached hydrogens (primary N) is 1. The van der Waals surface area contributed by atoms with Gasteiger partial charge in [-0.1, -0.05) is 13.3 Å². The van der Waals surface area contributed by atoms with Gasteiger partial charge in [-0.15, -0.1) is 0 Å². The fourth-order valence-corrected chi connectivity index (χ4v) is 1.81. The third-order valence-corrected chi connectivity index (χ3v) is 3.06. The van der Waals surface area contributed by atoms with Crippen LogP contribution in [0.25, 0.3) is 0 Å².